The van der Waals surface area contributed by atoms with E-state index in [1.807, 2.05) is 12.1 Å². The van der Waals surface area contributed by atoms with E-state index in [2.05, 4.69) is 0 Å². The van der Waals surface area contributed by atoms with Gasteiger partial charge in [-0.15, -0.1) is 0 Å². The van der Waals surface area contributed by atoms with Gasteiger partial charge < -0.3 is 9.84 Å². The summed E-state index contributed by atoms with van der Waals surface area (Å²) in [4.78, 5) is 23.8. The number of fused-ring (bicyclic) bond motifs is 6. The molecule has 1 aliphatic rings. The molecule has 0 aliphatic carbocycles. The fraction of sp³-hybridized carbons (Fsp3) is 0. The molecule has 0 saturated carbocycles. The predicted molar refractivity (Wildman–Crippen MR) is 72.9 cm³/mol. The summed E-state index contributed by atoms with van der Waals surface area (Å²) in [6, 6.07) is 12.0. The summed E-state index contributed by atoms with van der Waals surface area (Å²) >= 11 is 0. The summed E-state index contributed by atoms with van der Waals surface area (Å²) in [7, 11) is 0. The van der Waals surface area contributed by atoms with Crippen LogP contribution < -0.4 is 0 Å². The van der Waals surface area contributed by atoms with Gasteiger partial charge in [-0.2, -0.15) is 0 Å². The van der Waals surface area contributed by atoms with Gasteiger partial charge in [0, 0.05) is 0 Å². The highest BCUT2D eigenvalue weighted by atomic mass is 16.6. The zero-order chi connectivity index (χ0) is 13.9. The van der Waals surface area contributed by atoms with E-state index in [9.17, 15) is 14.7 Å². The lowest BCUT2D eigenvalue weighted by atomic mass is 9.92. The molecule has 0 atom stereocenters. The standard InChI is InChI=1S/C16H8O4/c17-8-5-6-11-12(7-8)9-3-1-2-4-10(9)13-14(11)16(19)20-15(13)18/h1-7,17H. The Labute approximate surface area is 113 Å². The highest BCUT2D eigenvalue weighted by Gasteiger charge is 2.34. The number of benzene rings is 3. The minimum Gasteiger partial charge on any atom is -0.508 e. The molecule has 96 valence electrons. The highest BCUT2D eigenvalue weighted by molar-refractivity contribution is 6.30. The minimum atomic E-state index is -0.633. The Bertz CT molecular complexity index is 925. The van der Waals surface area contributed by atoms with Gasteiger partial charge in [0.1, 0.15) is 5.75 Å². The van der Waals surface area contributed by atoms with Crippen molar-refractivity contribution in [2.45, 2.75) is 0 Å². The van der Waals surface area contributed by atoms with Gasteiger partial charge >= 0.3 is 11.9 Å². The molecule has 3 aromatic carbocycles. The molecule has 0 radical (unpaired) electrons. The van der Waals surface area contributed by atoms with Crippen molar-refractivity contribution >= 4 is 33.5 Å². The number of aromatic hydroxyl groups is 1. The number of rotatable bonds is 0. The third-order valence-electron chi connectivity index (χ3n) is 3.60. The molecular formula is C16H8O4. The van der Waals surface area contributed by atoms with E-state index in [0.717, 1.165) is 10.8 Å². The van der Waals surface area contributed by atoms with E-state index in [1.165, 1.54) is 6.07 Å². The smallest absolute Gasteiger partial charge is 0.347 e. The Hall–Kier alpha value is -2.88. The quantitative estimate of drug-likeness (QED) is 0.385. The molecule has 0 fully saturated rings. The van der Waals surface area contributed by atoms with Crippen molar-refractivity contribution in [2.75, 3.05) is 0 Å². The molecule has 4 heteroatoms. The second kappa shape index (κ2) is 3.57. The minimum absolute atomic E-state index is 0.111. The Morgan fingerprint density at radius 3 is 2.05 bits per heavy atom. The molecule has 4 nitrogen and oxygen atoms in total. The van der Waals surface area contributed by atoms with Crippen molar-refractivity contribution in [2.24, 2.45) is 0 Å². The molecule has 3 aromatic rings. The number of ether oxygens (including phenoxy) is 1. The summed E-state index contributed by atoms with van der Waals surface area (Å²) in [6.45, 7) is 0. The van der Waals surface area contributed by atoms with Gasteiger partial charge in [-0.05, 0) is 39.7 Å². The maximum atomic E-state index is 11.9. The Kier molecular flexibility index (Phi) is 1.96. The molecule has 4 rings (SSSR count). The highest BCUT2D eigenvalue weighted by Crippen LogP contribution is 2.37. The van der Waals surface area contributed by atoms with Crippen molar-refractivity contribution < 1.29 is 19.4 Å². The zero-order valence-electron chi connectivity index (χ0n) is 10.2. The molecule has 0 saturated heterocycles. The van der Waals surface area contributed by atoms with Crippen molar-refractivity contribution in [1.29, 1.82) is 0 Å². The SMILES string of the molecule is O=C1OC(=O)c2c1c1ccccc1c1cc(O)ccc21. The van der Waals surface area contributed by atoms with Crippen LogP contribution in [0.15, 0.2) is 42.5 Å². The second-order valence-corrected chi connectivity index (χ2v) is 4.70. The van der Waals surface area contributed by atoms with Gasteiger partial charge in [-0.3, -0.25) is 0 Å². The van der Waals surface area contributed by atoms with E-state index < -0.39 is 11.9 Å². The van der Waals surface area contributed by atoms with Gasteiger partial charge in [-0.1, -0.05) is 24.3 Å². The molecule has 1 heterocycles. The molecule has 1 aliphatic heterocycles. The van der Waals surface area contributed by atoms with Crippen LogP contribution in [0.5, 0.6) is 5.75 Å². The first-order valence-corrected chi connectivity index (χ1v) is 6.11. The lowest BCUT2D eigenvalue weighted by molar-refractivity contribution is 0.0445. The predicted octanol–water partition coefficient (Wildman–Crippen LogP) is 3.01. The third-order valence-corrected chi connectivity index (χ3v) is 3.60. The number of hydrogen-bond donors (Lipinski definition) is 1. The number of esters is 2. The molecule has 0 amide bonds. The van der Waals surface area contributed by atoms with E-state index in [4.69, 9.17) is 4.74 Å². The molecule has 1 N–H and O–H groups in total. The van der Waals surface area contributed by atoms with Crippen molar-refractivity contribution in [3.05, 3.63) is 53.6 Å². The first-order chi connectivity index (χ1) is 9.66. The second-order valence-electron chi connectivity index (χ2n) is 4.70. The third kappa shape index (κ3) is 1.25. The van der Waals surface area contributed by atoms with Crippen LogP contribution in [-0.4, -0.2) is 17.0 Å². The normalized spacial score (nSPS) is 13.8. The largest absolute Gasteiger partial charge is 0.508 e. The van der Waals surface area contributed by atoms with Crippen LogP contribution >= 0.6 is 0 Å². The van der Waals surface area contributed by atoms with E-state index in [0.29, 0.717) is 16.3 Å². The molecule has 0 spiro atoms. The topological polar surface area (TPSA) is 63.6 Å². The monoisotopic (exact) mass is 264 g/mol. The maximum Gasteiger partial charge on any atom is 0.347 e. The number of carbonyl (C=O) groups excluding carboxylic acids is 2. The van der Waals surface area contributed by atoms with Crippen LogP contribution in [0.1, 0.15) is 20.7 Å². The van der Waals surface area contributed by atoms with Gasteiger partial charge in [0.05, 0.1) is 11.1 Å². The fourth-order valence-corrected chi connectivity index (χ4v) is 2.79. The summed E-state index contributed by atoms with van der Waals surface area (Å²) in [5.41, 5.74) is 0.590. The summed E-state index contributed by atoms with van der Waals surface area (Å²) in [5, 5.41) is 12.5. The van der Waals surface area contributed by atoms with Gasteiger partial charge in [-0.25, -0.2) is 9.59 Å². The average molecular weight is 264 g/mol. The van der Waals surface area contributed by atoms with Crippen LogP contribution in [0.4, 0.5) is 0 Å². The van der Waals surface area contributed by atoms with Crippen molar-refractivity contribution in [3.63, 3.8) is 0 Å². The van der Waals surface area contributed by atoms with Crippen LogP contribution in [0, 0.1) is 0 Å². The molecular weight excluding hydrogens is 256 g/mol. The first-order valence-electron chi connectivity index (χ1n) is 6.11. The maximum absolute atomic E-state index is 11.9. The van der Waals surface area contributed by atoms with Crippen LogP contribution in [0.2, 0.25) is 0 Å². The number of carbonyl (C=O) groups is 2. The molecule has 0 unspecified atom stereocenters. The summed E-state index contributed by atoms with van der Waals surface area (Å²) in [6.07, 6.45) is 0. The Morgan fingerprint density at radius 1 is 0.750 bits per heavy atom. The first kappa shape index (κ1) is 11.0. The molecule has 20 heavy (non-hydrogen) atoms. The summed E-state index contributed by atoms with van der Waals surface area (Å²) in [5.74, 6) is -1.14. The number of phenolic OH excluding ortho intramolecular Hbond substituents is 1. The van der Waals surface area contributed by atoms with Crippen LogP contribution in [0.25, 0.3) is 21.5 Å². The Morgan fingerprint density at radius 2 is 1.35 bits per heavy atom. The number of cyclic esters (lactones) is 2. The van der Waals surface area contributed by atoms with E-state index in [1.54, 1.807) is 24.3 Å². The average Bonchev–Trinajstić information content (AvgIpc) is 2.74. The fourth-order valence-electron chi connectivity index (χ4n) is 2.79. The number of phenols is 1. The molecule has 0 bridgehead atoms. The van der Waals surface area contributed by atoms with E-state index >= 15 is 0 Å². The molecule has 0 aromatic heterocycles. The van der Waals surface area contributed by atoms with Crippen molar-refractivity contribution in [1.82, 2.24) is 0 Å². The summed E-state index contributed by atoms with van der Waals surface area (Å²) < 4.78 is 4.74. The Balaban J connectivity index is 2.36. The zero-order valence-corrected chi connectivity index (χ0v) is 10.2. The van der Waals surface area contributed by atoms with Gasteiger partial charge in [0.25, 0.3) is 0 Å². The van der Waals surface area contributed by atoms with Crippen LogP contribution in [-0.2, 0) is 4.74 Å². The number of hydrogen-bond acceptors (Lipinski definition) is 4. The van der Waals surface area contributed by atoms with Gasteiger partial charge in [0.2, 0.25) is 0 Å². The van der Waals surface area contributed by atoms with Gasteiger partial charge in [0.15, 0.2) is 0 Å². The van der Waals surface area contributed by atoms with E-state index in [-0.39, 0.29) is 11.3 Å². The van der Waals surface area contributed by atoms with Crippen LogP contribution in [0.3, 0.4) is 0 Å². The lowest BCUT2D eigenvalue weighted by Crippen LogP contribution is -1.97. The van der Waals surface area contributed by atoms with Crippen molar-refractivity contribution in [3.8, 4) is 5.75 Å². The lowest BCUT2D eigenvalue weighted by Gasteiger charge is -2.08.